The number of benzene rings is 1. The Morgan fingerprint density at radius 3 is 1.88 bits per heavy atom. The van der Waals surface area contributed by atoms with Gasteiger partial charge in [0.05, 0.1) is 22.9 Å². The van der Waals surface area contributed by atoms with E-state index in [1.807, 2.05) is 0 Å². The molecule has 40 heavy (non-hydrogen) atoms. The molecular weight excluding hydrogens is 587 g/mol. The van der Waals surface area contributed by atoms with Gasteiger partial charge in [0.2, 0.25) is 10.0 Å². The van der Waals surface area contributed by atoms with Crippen molar-refractivity contribution in [3.05, 3.63) is 35.4 Å². The molecule has 4 aliphatic rings. The zero-order valence-electron chi connectivity index (χ0n) is 20.0. The molecule has 4 atom stereocenters. The Balaban J connectivity index is 1.69. The number of alkyl halides is 9. The summed E-state index contributed by atoms with van der Waals surface area (Å²) in [7, 11) is -4.74. The summed E-state index contributed by atoms with van der Waals surface area (Å²) in [5, 5.41) is 0. The lowest BCUT2D eigenvalue weighted by Gasteiger charge is -2.42. The fourth-order valence-electron chi connectivity index (χ4n) is 6.88. The van der Waals surface area contributed by atoms with E-state index in [9.17, 15) is 62.3 Å². The standard InChI is InChI=1S/C23H19F9N2O5S/c24-21(25,26)20(22(27,28)29,23(30,31)32)9-14(33-16(35)12-3-1-2-4-13(12)17(33)36)18(37)34-15-7-11-5-6-19(15,8-11)10-40(34,38)39/h1-4,11,14-15H,5-10H2/t11?,14-,15?,19?/m0/s1. The van der Waals surface area contributed by atoms with E-state index >= 15 is 0 Å². The molecule has 0 aromatic heterocycles. The van der Waals surface area contributed by atoms with Crippen molar-refractivity contribution in [3.8, 4) is 0 Å². The van der Waals surface area contributed by atoms with E-state index in [1.165, 1.54) is 12.1 Å². The summed E-state index contributed by atoms with van der Waals surface area (Å²) in [6.45, 7) is 0. The first-order valence-electron chi connectivity index (χ1n) is 11.9. The van der Waals surface area contributed by atoms with Gasteiger partial charge in [0, 0.05) is 11.8 Å². The Morgan fingerprint density at radius 2 is 1.43 bits per heavy atom. The minimum atomic E-state index is -7.11. The Labute approximate surface area is 220 Å². The monoisotopic (exact) mass is 606 g/mol. The molecule has 1 aromatic carbocycles. The summed E-state index contributed by atoms with van der Waals surface area (Å²) >= 11 is 0. The van der Waals surface area contributed by atoms with Crippen LogP contribution in [0.1, 0.15) is 52.8 Å². The van der Waals surface area contributed by atoms with E-state index in [0.717, 1.165) is 12.1 Å². The third-order valence-electron chi connectivity index (χ3n) is 8.65. The van der Waals surface area contributed by atoms with Gasteiger partial charge in [-0.2, -0.15) is 39.5 Å². The van der Waals surface area contributed by atoms with Crippen molar-refractivity contribution in [2.45, 2.75) is 62.7 Å². The van der Waals surface area contributed by atoms with Crippen LogP contribution in [0.2, 0.25) is 0 Å². The summed E-state index contributed by atoms with van der Waals surface area (Å²) in [5.74, 6) is -6.18. The highest BCUT2D eigenvalue weighted by Gasteiger charge is 2.84. The molecule has 2 aliphatic carbocycles. The fraction of sp³-hybridized carbons (Fsp3) is 0.609. The first kappa shape index (κ1) is 28.7. The summed E-state index contributed by atoms with van der Waals surface area (Å²) in [5.41, 5.74) is -8.82. The van der Waals surface area contributed by atoms with Gasteiger partial charge < -0.3 is 0 Å². The number of carbonyl (C=O) groups is 3. The van der Waals surface area contributed by atoms with E-state index in [1.54, 1.807) is 0 Å². The molecule has 3 unspecified atom stereocenters. The molecule has 0 radical (unpaired) electrons. The van der Waals surface area contributed by atoms with Crippen molar-refractivity contribution in [1.29, 1.82) is 0 Å². The van der Waals surface area contributed by atoms with Crippen LogP contribution in [-0.4, -0.2) is 71.7 Å². The average molecular weight is 606 g/mol. The van der Waals surface area contributed by atoms with Crippen LogP contribution in [-0.2, 0) is 14.8 Å². The number of nitrogens with zero attached hydrogens (tertiary/aromatic N) is 2. The molecule has 3 amide bonds. The zero-order valence-corrected chi connectivity index (χ0v) is 20.8. The number of sulfonamides is 1. The molecule has 0 N–H and O–H groups in total. The minimum Gasteiger partial charge on any atom is -0.271 e. The minimum absolute atomic E-state index is 0.00274. The number of hydrogen-bond acceptors (Lipinski definition) is 5. The molecule has 2 heterocycles. The van der Waals surface area contributed by atoms with Crippen molar-refractivity contribution in [1.82, 2.24) is 9.21 Å². The van der Waals surface area contributed by atoms with Gasteiger partial charge in [-0.3, -0.25) is 19.3 Å². The van der Waals surface area contributed by atoms with Crippen molar-refractivity contribution < 1.29 is 62.3 Å². The first-order chi connectivity index (χ1) is 18.2. The van der Waals surface area contributed by atoms with Crippen LogP contribution < -0.4 is 0 Å². The Morgan fingerprint density at radius 1 is 0.925 bits per heavy atom. The van der Waals surface area contributed by atoms with Crippen LogP contribution in [0.25, 0.3) is 0 Å². The maximum Gasteiger partial charge on any atom is 0.412 e. The Hall–Kier alpha value is -2.85. The summed E-state index contributed by atoms with van der Waals surface area (Å²) in [4.78, 5) is 39.5. The van der Waals surface area contributed by atoms with E-state index in [0.29, 0.717) is 6.42 Å². The number of fused-ring (bicyclic) bond motifs is 2. The smallest absolute Gasteiger partial charge is 0.271 e. The van der Waals surface area contributed by atoms with Gasteiger partial charge in [0.1, 0.15) is 6.04 Å². The van der Waals surface area contributed by atoms with Crippen LogP contribution in [0.15, 0.2) is 24.3 Å². The summed E-state index contributed by atoms with van der Waals surface area (Å²) < 4.78 is 152. The zero-order chi connectivity index (χ0) is 29.8. The van der Waals surface area contributed by atoms with Crippen LogP contribution in [0.3, 0.4) is 0 Å². The van der Waals surface area contributed by atoms with Gasteiger partial charge >= 0.3 is 18.5 Å². The lowest BCUT2D eigenvalue weighted by atomic mass is 9.77. The van der Waals surface area contributed by atoms with Crippen molar-refractivity contribution in [2.75, 3.05) is 5.75 Å². The highest BCUT2D eigenvalue weighted by atomic mass is 32.2. The summed E-state index contributed by atoms with van der Waals surface area (Å²) in [6, 6.07) is -0.419. The number of carbonyl (C=O) groups excluding carboxylic acids is 3. The molecule has 2 bridgehead atoms. The summed E-state index contributed by atoms with van der Waals surface area (Å²) in [6.07, 6.45) is -23.4. The molecule has 1 aromatic rings. The lowest BCUT2D eigenvalue weighted by molar-refractivity contribution is -0.430. The maximum atomic E-state index is 13.9. The predicted molar refractivity (Wildman–Crippen MR) is 115 cm³/mol. The number of hydrogen-bond donors (Lipinski definition) is 0. The second-order valence-electron chi connectivity index (χ2n) is 10.8. The van der Waals surface area contributed by atoms with E-state index in [2.05, 4.69) is 0 Å². The van der Waals surface area contributed by atoms with E-state index in [4.69, 9.17) is 0 Å². The van der Waals surface area contributed by atoms with Crippen LogP contribution in [0.5, 0.6) is 0 Å². The van der Waals surface area contributed by atoms with Gasteiger partial charge in [0.25, 0.3) is 23.1 Å². The topological polar surface area (TPSA) is 91.8 Å². The van der Waals surface area contributed by atoms with Crippen LogP contribution in [0, 0.1) is 16.7 Å². The van der Waals surface area contributed by atoms with E-state index < -0.39 is 97.4 Å². The molecule has 2 aliphatic heterocycles. The predicted octanol–water partition coefficient (Wildman–Crippen LogP) is 4.45. The highest BCUT2D eigenvalue weighted by molar-refractivity contribution is 7.90. The SMILES string of the molecule is O=C1c2ccccc2C(=O)N1[C@@H](CC(C(F)(F)F)(C(F)(F)F)C(F)(F)F)C(=O)N1C2CC3CCC2(C3)CS1(=O)=O. The van der Waals surface area contributed by atoms with Gasteiger partial charge in [-0.15, -0.1) is 0 Å². The second kappa shape index (κ2) is 8.35. The molecule has 2 saturated carbocycles. The van der Waals surface area contributed by atoms with Crippen molar-refractivity contribution >= 4 is 27.7 Å². The number of amides is 3. The number of halogens is 9. The lowest BCUT2D eigenvalue weighted by Crippen LogP contribution is -2.64. The average Bonchev–Trinajstić information content (AvgIpc) is 3.47. The fourth-order valence-corrected chi connectivity index (χ4v) is 9.29. The quantitative estimate of drug-likeness (QED) is 0.374. The number of rotatable bonds is 4. The molecule has 5 rings (SSSR count). The van der Waals surface area contributed by atoms with E-state index in [-0.39, 0.29) is 29.5 Å². The molecule has 1 saturated heterocycles. The van der Waals surface area contributed by atoms with Gasteiger partial charge in [-0.25, -0.2) is 12.7 Å². The van der Waals surface area contributed by atoms with Gasteiger partial charge in [-0.1, -0.05) is 12.1 Å². The second-order valence-corrected chi connectivity index (χ2v) is 12.6. The normalized spacial score (nSPS) is 28.7. The third kappa shape index (κ3) is 3.71. The Bertz CT molecular complexity index is 1330. The van der Waals surface area contributed by atoms with Crippen molar-refractivity contribution in [3.63, 3.8) is 0 Å². The molecule has 7 nitrogen and oxygen atoms in total. The molecule has 1 spiro atoms. The van der Waals surface area contributed by atoms with Crippen LogP contribution >= 0.6 is 0 Å². The molecule has 3 fully saturated rings. The number of imide groups is 1. The molecule has 220 valence electrons. The largest absolute Gasteiger partial charge is 0.412 e. The molecule has 17 heteroatoms. The highest BCUT2D eigenvalue weighted by Crippen LogP contribution is 2.64. The third-order valence-corrected chi connectivity index (χ3v) is 10.6. The van der Waals surface area contributed by atoms with Gasteiger partial charge in [-0.05, 0) is 43.7 Å². The van der Waals surface area contributed by atoms with Gasteiger partial charge in [0.15, 0.2) is 0 Å². The molecular formula is C23H19F9N2O5S. The first-order valence-corrected chi connectivity index (χ1v) is 13.5. The maximum absolute atomic E-state index is 13.9. The Kier molecular flexibility index (Phi) is 5.98. The van der Waals surface area contributed by atoms with Crippen molar-refractivity contribution in [2.24, 2.45) is 16.7 Å². The van der Waals surface area contributed by atoms with Crippen LogP contribution in [0.4, 0.5) is 39.5 Å².